The molecule has 1 aliphatic carbocycles. The van der Waals surface area contributed by atoms with Crippen molar-refractivity contribution in [1.82, 2.24) is 0 Å². The molecule has 0 unspecified atom stereocenters. The van der Waals surface area contributed by atoms with Crippen LogP contribution >= 0.6 is 23.2 Å². The minimum atomic E-state index is 0.189. The number of rotatable bonds is 3. The average molecular weight is 360 g/mol. The Bertz CT molecular complexity index is 802. The lowest BCUT2D eigenvalue weighted by Gasteiger charge is -2.38. The number of anilines is 1. The van der Waals surface area contributed by atoms with E-state index in [9.17, 15) is 0 Å². The van der Waals surface area contributed by atoms with Gasteiger partial charge in [-0.05, 0) is 48.6 Å². The van der Waals surface area contributed by atoms with Crippen LogP contribution in [0.5, 0.6) is 5.75 Å². The van der Waals surface area contributed by atoms with Gasteiger partial charge in [0, 0.05) is 5.92 Å². The van der Waals surface area contributed by atoms with Crippen LogP contribution in [-0.4, -0.2) is 6.61 Å². The molecule has 2 aromatic carbocycles. The quantitative estimate of drug-likeness (QED) is 0.656. The van der Waals surface area contributed by atoms with E-state index in [-0.39, 0.29) is 6.04 Å². The maximum absolute atomic E-state index is 6.26. The third-order valence-electron chi connectivity index (χ3n) is 4.96. The van der Waals surface area contributed by atoms with Crippen LogP contribution in [0.25, 0.3) is 0 Å². The molecule has 0 spiro atoms. The molecule has 3 atom stereocenters. The van der Waals surface area contributed by atoms with E-state index in [0.29, 0.717) is 28.5 Å². The molecule has 4 rings (SSSR count). The number of para-hydroxylation sites is 1. The van der Waals surface area contributed by atoms with Crippen LogP contribution in [-0.2, 0) is 0 Å². The van der Waals surface area contributed by atoms with Crippen LogP contribution in [0.4, 0.5) is 5.69 Å². The third kappa shape index (κ3) is 2.58. The monoisotopic (exact) mass is 359 g/mol. The molecule has 1 aliphatic heterocycles. The standard InChI is InChI=1S/C20H19Cl2NO/c1-2-24-18-8-4-7-15-13-5-3-6-14(13)19(23-20(15)18)12-9-10-16(21)17(22)11-12/h3-5,7-11,13-14,19,23H,2,6H2,1H3/t13-,14-,19+/m0/s1. The molecule has 0 fully saturated rings. The van der Waals surface area contributed by atoms with E-state index in [1.54, 1.807) is 0 Å². The number of benzene rings is 2. The van der Waals surface area contributed by atoms with Crippen LogP contribution in [0.3, 0.4) is 0 Å². The second-order valence-corrected chi connectivity index (χ2v) is 7.12. The van der Waals surface area contributed by atoms with Crippen LogP contribution in [0.15, 0.2) is 48.6 Å². The maximum atomic E-state index is 6.26. The molecule has 2 aliphatic rings. The van der Waals surface area contributed by atoms with Gasteiger partial charge >= 0.3 is 0 Å². The predicted molar refractivity (Wildman–Crippen MR) is 100 cm³/mol. The first-order chi connectivity index (χ1) is 11.7. The summed E-state index contributed by atoms with van der Waals surface area (Å²) in [6.45, 7) is 2.66. The summed E-state index contributed by atoms with van der Waals surface area (Å²) in [5.41, 5.74) is 3.58. The second-order valence-electron chi connectivity index (χ2n) is 6.30. The Morgan fingerprint density at radius 1 is 1.17 bits per heavy atom. The molecule has 1 N–H and O–H groups in total. The summed E-state index contributed by atoms with van der Waals surface area (Å²) in [6, 6.07) is 12.4. The van der Waals surface area contributed by atoms with Crippen molar-refractivity contribution in [3.63, 3.8) is 0 Å². The number of hydrogen-bond acceptors (Lipinski definition) is 2. The van der Waals surface area contributed by atoms with Gasteiger partial charge in [0.1, 0.15) is 5.75 Å². The van der Waals surface area contributed by atoms with E-state index in [4.69, 9.17) is 27.9 Å². The van der Waals surface area contributed by atoms with Crippen LogP contribution in [0.1, 0.15) is 36.4 Å². The summed E-state index contributed by atoms with van der Waals surface area (Å²) in [7, 11) is 0. The highest BCUT2D eigenvalue weighted by Crippen LogP contribution is 2.52. The Balaban J connectivity index is 1.79. The second kappa shape index (κ2) is 6.34. The lowest BCUT2D eigenvalue weighted by molar-refractivity contribution is 0.337. The SMILES string of the molecule is CCOc1cccc2c1N[C@H](c1ccc(Cl)c(Cl)c1)[C@H]1CC=C[C@H]21. The van der Waals surface area contributed by atoms with Gasteiger partial charge in [0.05, 0.1) is 28.4 Å². The molecule has 0 radical (unpaired) electrons. The van der Waals surface area contributed by atoms with Gasteiger partial charge < -0.3 is 10.1 Å². The van der Waals surface area contributed by atoms with Gasteiger partial charge in [0.15, 0.2) is 0 Å². The molecule has 4 heteroatoms. The average Bonchev–Trinajstić information content (AvgIpc) is 3.07. The van der Waals surface area contributed by atoms with Crippen molar-refractivity contribution < 1.29 is 4.74 Å². The number of hydrogen-bond donors (Lipinski definition) is 1. The molecule has 2 aromatic rings. The van der Waals surface area contributed by atoms with E-state index in [0.717, 1.165) is 17.9 Å². The van der Waals surface area contributed by atoms with Crippen molar-refractivity contribution in [3.8, 4) is 5.75 Å². The van der Waals surface area contributed by atoms with E-state index in [2.05, 4.69) is 35.7 Å². The van der Waals surface area contributed by atoms with Crippen molar-refractivity contribution in [2.24, 2.45) is 5.92 Å². The van der Waals surface area contributed by atoms with Gasteiger partial charge in [-0.15, -0.1) is 0 Å². The highest BCUT2D eigenvalue weighted by Gasteiger charge is 2.39. The van der Waals surface area contributed by atoms with E-state index in [1.807, 2.05) is 25.1 Å². The van der Waals surface area contributed by atoms with Crippen molar-refractivity contribution in [2.75, 3.05) is 11.9 Å². The molecular formula is C20H19Cl2NO. The Kier molecular flexibility index (Phi) is 4.19. The fourth-order valence-electron chi connectivity index (χ4n) is 3.90. The summed E-state index contributed by atoms with van der Waals surface area (Å²) >= 11 is 12.4. The molecular weight excluding hydrogens is 341 g/mol. The Labute approximate surface area is 152 Å². The van der Waals surface area contributed by atoms with Gasteiger partial charge in [-0.3, -0.25) is 0 Å². The van der Waals surface area contributed by atoms with Crippen molar-refractivity contribution in [1.29, 1.82) is 0 Å². The topological polar surface area (TPSA) is 21.3 Å². The highest BCUT2D eigenvalue weighted by molar-refractivity contribution is 6.42. The zero-order chi connectivity index (χ0) is 16.7. The van der Waals surface area contributed by atoms with E-state index >= 15 is 0 Å². The molecule has 0 bridgehead atoms. The highest BCUT2D eigenvalue weighted by atomic mass is 35.5. The number of allylic oxidation sites excluding steroid dienone is 2. The zero-order valence-corrected chi connectivity index (χ0v) is 14.9. The van der Waals surface area contributed by atoms with Crippen LogP contribution in [0.2, 0.25) is 10.0 Å². The summed E-state index contributed by atoms with van der Waals surface area (Å²) in [5.74, 6) is 1.80. The smallest absolute Gasteiger partial charge is 0.142 e. The third-order valence-corrected chi connectivity index (χ3v) is 5.70. The minimum absolute atomic E-state index is 0.189. The lowest BCUT2D eigenvalue weighted by Crippen LogP contribution is -2.29. The van der Waals surface area contributed by atoms with Gasteiger partial charge in [0.2, 0.25) is 0 Å². The molecule has 1 heterocycles. The first kappa shape index (κ1) is 15.9. The van der Waals surface area contributed by atoms with Gasteiger partial charge in [-0.2, -0.15) is 0 Å². The summed E-state index contributed by atoms with van der Waals surface area (Å²) in [5, 5.41) is 4.91. The van der Waals surface area contributed by atoms with Crippen LogP contribution < -0.4 is 10.1 Å². The molecule has 124 valence electrons. The van der Waals surface area contributed by atoms with Crippen molar-refractivity contribution in [3.05, 3.63) is 69.7 Å². The molecule has 2 nitrogen and oxygen atoms in total. The Hall–Kier alpha value is -1.64. The largest absolute Gasteiger partial charge is 0.492 e. The number of nitrogens with one attached hydrogen (secondary N) is 1. The number of fused-ring (bicyclic) bond motifs is 3. The Morgan fingerprint density at radius 2 is 2.04 bits per heavy atom. The summed E-state index contributed by atoms with van der Waals surface area (Å²) in [4.78, 5) is 0. The fourth-order valence-corrected chi connectivity index (χ4v) is 4.21. The van der Waals surface area contributed by atoms with Gasteiger partial charge in [-0.25, -0.2) is 0 Å². The first-order valence-electron chi connectivity index (χ1n) is 8.33. The van der Waals surface area contributed by atoms with E-state index < -0.39 is 0 Å². The van der Waals surface area contributed by atoms with E-state index in [1.165, 1.54) is 11.1 Å². The Morgan fingerprint density at radius 3 is 2.83 bits per heavy atom. The van der Waals surface area contributed by atoms with Gasteiger partial charge in [0.25, 0.3) is 0 Å². The van der Waals surface area contributed by atoms with Gasteiger partial charge in [-0.1, -0.05) is 53.6 Å². The minimum Gasteiger partial charge on any atom is -0.492 e. The van der Waals surface area contributed by atoms with Crippen LogP contribution in [0, 0.1) is 5.92 Å². The van der Waals surface area contributed by atoms with Crippen molar-refractivity contribution >= 4 is 28.9 Å². The summed E-state index contributed by atoms with van der Waals surface area (Å²) < 4.78 is 5.85. The first-order valence-corrected chi connectivity index (χ1v) is 9.08. The molecule has 0 amide bonds. The molecule has 24 heavy (non-hydrogen) atoms. The number of ether oxygens (including phenoxy) is 1. The number of halogens is 2. The molecule has 0 aromatic heterocycles. The van der Waals surface area contributed by atoms with Crippen molar-refractivity contribution in [2.45, 2.75) is 25.3 Å². The lowest BCUT2D eigenvalue weighted by atomic mass is 9.77. The molecule has 0 saturated carbocycles. The maximum Gasteiger partial charge on any atom is 0.142 e. The molecule has 0 saturated heterocycles. The predicted octanol–water partition coefficient (Wildman–Crippen LogP) is 6.22. The fraction of sp³-hybridized carbons (Fsp3) is 0.300. The normalized spacial score (nSPS) is 24.2. The zero-order valence-electron chi connectivity index (χ0n) is 13.4. The summed E-state index contributed by atoms with van der Waals surface area (Å²) in [6.07, 6.45) is 5.66.